The lowest BCUT2D eigenvalue weighted by Gasteiger charge is -2.12. The first kappa shape index (κ1) is 23.1. The maximum Gasteiger partial charge on any atom is 0.336 e. The van der Waals surface area contributed by atoms with E-state index in [4.69, 9.17) is 18.6 Å². The second kappa shape index (κ2) is 10.7. The fraction of sp³-hybridized carbons (Fsp3) is 0.308. The molecule has 0 saturated heterocycles. The SMILES string of the molecule is CCCOc1ccc(/C=C/C(=O)OCc2cc(=O)oc3c(C)c(C)ccc23)cc1OCC. The standard InChI is InChI=1S/C26H28O6/c1-5-13-30-22-11-8-19(14-23(22)29-6-2)9-12-24(27)31-16-20-15-25(28)32-26-18(4)17(3)7-10-21(20)26/h7-12,14-15H,5-6,13,16H2,1-4H3/b12-9+. The molecule has 0 unspecified atom stereocenters. The third-order valence-corrected chi connectivity index (χ3v) is 5.03. The normalized spacial score (nSPS) is 11.1. The van der Waals surface area contributed by atoms with Crippen LogP contribution in [-0.4, -0.2) is 19.2 Å². The van der Waals surface area contributed by atoms with Crippen molar-refractivity contribution in [3.05, 3.63) is 75.1 Å². The summed E-state index contributed by atoms with van der Waals surface area (Å²) in [7, 11) is 0. The van der Waals surface area contributed by atoms with E-state index in [-0.39, 0.29) is 6.61 Å². The molecule has 2 aromatic carbocycles. The molecule has 0 aliphatic carbocycles. The highest BCUT2D eigenvalue weighted by Gasteiger charge is 2.11. The molecule has 0 aliphatic rings. The maximum absolute atomic E-state index is 12.3. The van der Waals surface area contributed by atoms with Crippen molar-refractivity contribution in [1.82, 2.24) is 0 Å². The van der Waals surface area contributed by atoms with Crippen LogP contribution in [0.3, 0.4) is 0 Å². The van der Waals surface area contributed by atoms with E-state index in [0.29, 0.717) is 35.9 Å². The van der Waals surface area contributed by atoms with E-state index in [2.05, 4.69) is 0 Å². The smallest absolute Gasteiger partial charge is 0.336 e. The Morgan fingerprint density at radius 1 is 1.03 bits per heavy atom. The van der Waals surface area contributed by atoms with E-state index in [1.807, 2.05) is 58.0 Å². The summed E-state index contributed by atoms with van der Waals surface area (Å²) in [6.07, 6.45) is 3.90. The topological polar surface area (TPSA) is 75.0 Å². The molecule has 0 fully saturated rings. The molecule has 0 N–H and O–H groups in total. The molecule has 0 spiro atoms. The molecule has 0 atom stereocenters. The van der Waals surface area contributed by atoms with E-state index in [0.717, 1.165) is 28.5 Å². The average Bonchev–Trinajstić information content (AvgIpc) is 2.78. The number of hydrogen-bond donors (Lipinski definition) is 0. The lowest BCUT2D eigenvalue weighted by molar-refractivity contribution is -0.138. The van der Waals surface area contributed by atoms with Crippen LogP contribution in [0.25, 0.3) is 17.0 Å². The molecule has 3 aromatic rings. The second-order valence-corrected chi connectivity index (χ2v) is 7.40. The molecule has 1 heterocycles. The quantitative estimate of drug-likeness (QED) is 0.256. The number of esters is 1. The molecule has 0 saturated carbocycles. The Bertz CT molecular complexity index is 1190. The van der Waals surface area contributed by atoms with Crippen molar-refractivity contribution >= 4 is 23.0 Å². The van der Waals surface area contributed by atoms with E-state index in [1.165, 1.54) is 12.1 Å². The molecule has 32 heavy (non-hydrogen) atoms. The summed E-state index contributed by atoms with van der Waals surface area (Å²) in [5.74, 6) is 0.790. The van der Waals surface area contributed by atoms with Crippen LogP contribution in [0, 0.1) is 13.8 Å². The van der Waals surface area contributed by atoms with Crippen LogP contribution in [0.2, 0.25) is 0 Å². The van der Waals surface area contributed by atoms with E-state index in [9.17, 15) is 9.59 Å². The first-order chi connectivity index (χ1) is 15.4. The number of hydrogen-bond acceptors (Lipinski definition) is 6. The van der Waals surface area contributed by atoms with Crippen molar-refractivity contribution in [2.75, 3.05) is 13.2 Å². The number of benzene rings is 2. The van der Waals surface area contributed by atoms with Crippen LogP contribution in [-0.2, 0) is 16.1 Å². The Labute approximate surface area is 187 Å². The van der Waals surface area contributed by atoms with Gasteiger partial charge in [-0.2, -0.15) is 0 Å². The predicted octanol–water partition coefficient (Wildman–Crippen LogP) is 5.35. The van der Waals surface area contributed by atoms with Gasteiger partial charge in [-0.15, -0.1) is 0 Å². The highest BCUT2D eigenvalue weighted by molar-refractivity contribution is 5.88. The van der Waals surface area contributed by atoms with Crippen molar-refractivity contribution < 1.29 is 23.4 Å². The van der Waals surface area contributed by atoms with Crippen molar-refractivity contribution in [2.45, 2.75) is 40.7 Å². The fourth-order valence-electron chi connectivity index (χ4n) is 3.23. The van der Waals surface area contributed by atoms with Crippen molar-refractivity contribution in [3.63, 3.8) is 0 Å². The third kappa shape index (κ3) is 5.58. The molecule has 0 bridgehead atoms. The minimum absolute atomic E-state index is 0.0260. The fourth-order valence-corrected chi connectivity index (χ4v) is 3.23. The Balaban J connectivity index is 1.72. The number of ether oxygens (including phenoxy) is 3. The Kier molecular flexibility index (Phi) is 7.71. The number of fused-ring (bicyclic) bond motifs is 1. The van der Waals surface area contributed by atoms with E-state index in [1.54, 1.807) is 6.08 Å². The third-order valence-electron chi connectivity index (χ3n) is 5.03. The van der Waals surface area contributed by atoms with Gasteiger partial charge in [0.05, 0.1) is 13.2 Å². The van der Waals surface area contributed by atoms with Crippen LogP contribution in [0.5, 0.6) is 11.5 Å². The largest absolute Gasteiger partial charge is 0.490 e. The molecule has 0 aliphatic heterocycles. The van der Waals surface area contributed by atoms with Gasteiger partial charge in [-0.25, -0.2) is 9.59 Å². The summed E-state index contributed by atoms with van der Waals surface area (Å²) in [5.41, 5.74) is 3.36. The van der Waals surface area contributed by atoms with Crippen LogP contribution in [0.15, 0.2) is 51.7 Å². The summed E-state index contributed by atoms with van der Waals surface area (Å²) in [6, 6.07) is 10.7. The van der Waals surface area contributed by atoms with E-state index < -0.39 is 11.6 Å². The molecule has 0 amide bonds. The second-order valence-electron chi connectivity index (χ2n) is 7.40. The zero-order valence-electron chi connectivity index (χ0n) is 18.9. The van der Waals surface area contributed by atoms with Gasteiger partial charge in [-0.1, -0.05) is 25.1 Å². The van der Waals surface area contributed by atoms with Gasteiger partial charge in [0, 0.05) is 23.1 Å². The predicted molar refractivity (Wildman–Crippen MR) is 124 cm³/mol. The number of carbonyl (C=O) groups excluding carboxylic acids is 1. The molecule has 6 nitrogen and oxygen atoms in total. The van der Waals surface area contributed by atoms with Gasteiger partial charge in [-0.3, -0.25) is 0 Å². The van der Waals surface area contributed by atoms with Crippen LogP contribution >= 0.6 is 0 Å². The van der Waals surface area contributed by atoms with Gasteiger partial charge >= 0.3 is 11.6 Å². The maximum atomic E-state index is 12.3. The minimum atomic E-state index is -0.514. The van der Waals surface area contributed by atoms with Crippen molar-refractivity contribution in [3.8, 4) is 11.5 Å². The average molecular weight is 437 g/mol. The van der Waals surface area contributed by atoms with Crippen molar-refractivity contribution in [2.24, 2.45) is 0 Å². The van der Waals surface area contributed by atoms with Crippen LogP contribution < -0.4 is 15.1 Å². The van der Waals surface area contributed by atoms with Gasteiger partial charge in [0.25, 0.3) is 0 Å². The summed E-state index contributed by atoms with van der Waals surface area (Å²) in [6.45, 7) is 8.88. The van der Waals surface area contributed by atoms with Crippen LogP contribution in [0.1, 0.15) is 42.5 Å². The highest BCUT2D eigenvalue weighted by atomic mass is 16.5. The molecule has 6 heteroatoms. The summed E-state index contributed by atoms with van der Waals surface area (Å²) >= 11 is 0. The first-order valence-electron chi connectivity index (χ1n) is 10.7. The molecule has 3 rings (SSSR count). The van der Waals surface area contributed by atoms with Gasteiger partial charge in [0.2, 0.25) is 0 Å². The van der Waals surface area contributed by atoms with E-state index >= 15 is 0 Å². The zero-order valence-corrected chi connectivity index (χ0v) is 18.9. The summed E-state index contributed by atoms with van der Waals surface area (Å²) in [4.78, 5) is 24.2. The number of carbonyl (C=O) groups is 1. The summed E-state index contributed by atoms with van der Waals surface area (Å²) < 4.78 is 22.1. The Hall–Kier alpha value is -3.54. The van der Waals surface area contributed by atoms with Gasteiger partial charge in [0.15, 0.2) is 11.5 Å². The van der Waals surface area contributed by atoms with Gasteiger partial charge in [0.1, 0.15) is 12.2 Å². The molecular formula is C26H28O6. The number of rotatable bonds is 9. The van der Waals surface area contributed by atoms with Gasteiger partial charge < -0.3 is 18.6 Å². The zero-order chi connectivity index (χ0) is 23.1. The Morgan fingerprint density at radius 2 is 1.84 bits per heavy atom. The lowest BCUT2D eigenvalue weighted by atomic mass is 10.0. The molecule has 1 aromatic heterocycles. The highest BCUT2D eigenvalue weighted by Crippen LogP contribution is 2.29. The number of aryl methyl sites for hydroxylation is 2. The minimum Gasteiger partial charge on any atom is -0.490 e. The monoisotopic (exact) mass is 436 g/mol. The Morgan fingerprint density at radius 3 is 2.59 bits per heavy atom. The van der Waals surface area contributed by atoms with Crippen molar-refractivity contribution in [1.29, 1.82) is 0 Å². The first-order valence-corrected chi connectivity index (χ1v) is 10.7. The molecular weight excluding hydrogens is 408 g/mol. The molecule has 0 radical (unpaired) electrons. The lowest BCUT2D eigenvalue weighted by Crippen LogP contribution is -2.06. The van der Waals surface area contributed by atoms with Crippen LogP contribution in [0.4, 0.5) is 0 Å². The molecule has 168 valence electrons. The van der Waals surface area contributed by atoms with Gasteiger partial charge in [-0.05, 0) is 62.1 Å². The summed E-state index contributed by atoms with van der Waals surface area (Å²) in [5, 5.41) is 0.758.